The Balaban J connectivity index is 2.83. The van der Waals surface area contributed by atoms with Crippen LogP contribution in [0, 0.1) is 11.3 Å². The second-order valence-electron chi connectivity index (χ2n) is 3.90. The number of hydrogen-bond acceptors (Lipinski definition) is 3. The van der Waals surface area contributed by atoms with Gasteiger partial charge in [0.2, 0.25) is 0 Å². The Labute approximate surface area is 99.9 Å². The number of nitriles is 1. The van der Waals surface area contributed by atoms with E-state index >= 15 is 0 Å². The van der Waals surface area contributed by atoms with Gasteiger partial charge in [-0.15, -0.1) is 0 Å². The monoisotopic (exact) mass is 235 g/mol. The molecule has 0 aliphatic carbocycles. The predicted octanol–water partition coefficient (Wildman–Crippen LogP) is 1.11. The van der Waals surface area contributed by atoms with E-state index in [0.717, 1.165) is 6.42 Å². The fourth-order valence-electron chi connectivity index (χ4n) is 1.65. The van der Waals surface area contributed by atoms with Crippen LogP contribution in [0.2, 0.25) is 0 Å². The smallest absolute Gasteiger partial charge is 0.300 e. The summed E-state index contributed by atoms with van der Waals surface area (Å²) in [5, 5.41) is 8.40. The molecule has 0 fully saturated rings. The third kappa shape index (κ3) is 3.59. The van der Waals surface area contributed by atoms with Crippen molar-refractivity contribution in [3.63, 3.8) is 0 Å². The molecule has 0 spiro atoms. The summed E-state index contributed by atoms with van der Waals surface area (Å²) in [5.74, 6) is 0. The molecule has 1 aromatic heterocycles. The highest BCUT2D eigenvalue weighted by Crippen LogP contribution is 1.94. The van der Waals surface area contributed by atoms with E-state index in [9.17, 15) is 9.59 Å². The van der Waals surface area contributed by atoms with E-state index in [4.69, 9.17) is 5.26 Å². The van der Waals surface area contributed by atoms with E-state index in [1.54, 1.807) is 10.8 Å². The molecule has 0 unspecified atom stereocenters. The Morgan fingerprint density at radius 2 is 2.06 bits per heavy atom. The zero-order valence-electron chi connectivity index (χ0n) is 10.1. The van der Waals surface area contributed by atoms with E-state index in [-0.39, 0.29) is 11.2 Å². The molecule has 0 saturated carbocycles. The third-order valence-electron chi connectivity index (χ3n) is 2.52. The van der Waals surface area contributed by atoms with Gasteiger partial charge in [-0.3, -0.25) is 9.36 Å². The number of rotatable bonds is 6. The summed E-state index contributed by atoms with van der Waals surface area (Å²) in [6.45, 7) is 3.00. The lowest BCUT2D eigenvalue weighted by Crippen LogP contribution is -2.39. The van der Waals surface area contributed by atoms with Crippen LogP contribution in [0.4, 0.5) is 0 Å². The highest BCUT2D eigenvalue weighted by molar-refractivity contribution is 4.86. The van der Waals surface area contributed by atoms with Crippen molar-refractivity contribution >= 4 is 0 Å². The lowest BCUT2D eigenvalue weighted by atomic mass is 10.2. The van der Waals surface area contributed by atoms with Crippen LogP contribution in [0.1, 0.15) is 32.6 Å². The molecule has 0 N–H and O–H groups in total. The fraction of sp³-hybridized carbons (Fsp3) is 0.583. The summed E-state index contributed by atoms with van der Waals surface area (Å²) in [5.41, 5.74) is -0.518. The van der Waals surface area contributed by atoms with E-state index in [1.165, 1.54) is 10.6 Å². The first kappa shape index (κ1) is 13.2. The van der Waals surface area contributed by atoms with Crippen LogP contribution in [0.25, 0.3) is 0 Å². The molecule has 0 atom stereocenters. The molecule has 0 aliphatic rings. The Morgan fingerprint density at radius 1 is 1.29 bits per heavy atom. The number of aryl methyl sites for hydroxylation is 1. The van der Waals surface area contributed by atoms with Gasteiger partial charge in [0.25, 0.3) is 5.56 Å². The largest absolute Gasteiger partial charge is 0.330 e. The van der Waals surface area contributed by atoms with Gasteiger partial charge in [-0.05, 0) is 19.3 Å². The van der Waals surface area contributed by atoms with Crippen molar-refractivity contribution < 1.29 is 0 Å². The molecule has 0 saturated heterocycles. The van der Waals surface area contributed by atoms with Gasteiger partial charge in [-0.2, -0.15) is 5.26 Å². The van der Waals surface area contributed by atoms with Crippen LogP contribution >= 0.6 is 0 Å². The van der Waals surface area contributed by atoms with Gasteiger partial charge in [0.15, 0.2) is 0 Å². The molecule has 5 heteroatoms. The molecule has 0 radical (unpaired) electrons. The quantitative estimate of drug-likeness (QED) is 0.694. The van der Waals surface area contributed by atoms with Gasteiger partial charge >= 0.3 is 5.69 Å². The molecule has 0 amide bonds. The van der Waals surface area contributed by atoms with Crippen LogP contribution in [-0.4, -0.2) is 9.13 Å². The molecule has 1 aromatic rings. The number of unbranched alkanes of at least 4 members (excludes halogenated alkanes) is 2. The van der Waals surface area contributed by atoms with Gasteiger partial charge in [0.05, 0.1) is 6.07 Å². The molecule has 0 aliphatic heterocycles. The number of aromatic nitrogens is 2. The van der Waals surface area contributed by atoms with Crippen LogP contribution < -0.4 is 11.2 Å². The lowest BCUT2D eigenvalue weighted by Gasteiger charge is -2.08. The normalized spacial score (nSPS) is 10.1. The van der Waals surface area contributed by atoms with E-state index in [1.807, 2.05) is 13.0 Å². The SMILES string of the molecule is CCCn1ccc(=O)n(CCCCC#N)c1=O. The van der Waals surface area contributed by atoms with Crippen LogP contribution in [0.5, 0.6) is 0 Å². The van der Waals surface area contributed by atoms with Crippen LogP contribution in [0.3, 0.4) is 0 Å². The summed E-state index contributed by atoms with van der Waals surface area (Å²) in [6, 6.07) is 3.46. The Kier molecular flexibility index (Phi) is 5.21. The van der Waals surface area contributed by atoms with Crippen molar-refractivity contribution in [1.82, 2.24) is 9.13 Å². The van der Waals surface area contributed by atoms with Gasteiger partial charge < -0.3 is 4.57 Å². The summed E-state index contributed by atoms with van der Waals surface area (Å²) in [7, 11) is 0. The summed E-state index contributed by atoms with van der Waals surface area (Å²) in [6.07, 6.45) is 4.25. The van der Waals surface area contributed by atoms with Gasteiger partial charge in [0, 0.05) is 31.8 Å². The summed E-state index contributed by atoms with van der Waals surface area (Å²) >= 11 is 0. The zero-order chi connectivity index (χ0) is 12.7. The van der Waals surface area contributed by atoms with Crippen molar-refractivity contribution in [2.75, 3.05) is 0 Å². The molecular weight excluding hydrogens is 218 g/mol. The lowest BCUT2D eigenvalue weighted by molar-refractivity contribution is 0.521. The average molecular weight is 235 g/mol. The maximum absolute atomic E-state index is 11.9. The number of nitrogens with zero attached hydrogens (tertiary/aromatic N) is 3. The minimum absolute atomic E-state index is 0.253. The first-order valence-electron chi connectivity index (χ1n) is 5.88. The first-order valence-corrected chi connectivity index (χ1v) is 5.88. The van der Waals surface area contributed by atoms with Crippen LogP contribution in [-0.2, 0) is 13.1 Å². The maximum Gasteiger partial charge on any atom is 0.330 e. The van der Waals surface area contributed by atoms with Crippen molar-refractivity contribution in [1.29, 1.82) is 5.26 Å². The Hall–Kier alpha value is -1.83. The molecule has 1 rings (SSSR count). The second-order valence-corrected chi connectivity index (χ2v) is 3.90. The van der Waals surface area contributed by atoms with Crippen molar-refractivity contribution in [2.24, 2.45) is 0 Å². The molecule has 17 heavy (non-hydrogen) atoms. The van der Waals surface area contributed by atoms with Crippen molar-refractivity contribution in [2.45, 2.75) is 45.7 Å². The van der Waals surface area contributed by atoms with Crippen LogP contribution in [0.15, 0.2) is 21.9 Å². The average Bonchev–Trinajstić information content (AvgIpc) is 2.32. The minimum atomic E-state index is -0.265. The molecule has 0 aromatic carbocycles. The van der Waals surface area contributed by atoms with E-state index in [0.29, 0.717) is 32.4 Å². The topological polar surface area (TPSA) is 67.8 Å². The summed E-state index contributed by atoms with van der Waals surface area (Å²) in [4.78, 5) is 23.4. The standard InChI is InChI=1S/C12H17N3O2/c1-2-8-14-10-6-11(16)15(12(14)17)9-5-3-4-7-13/h6,10H,2-5,8-9H2,1H3. The van der Waals surface area contributed by atoms with Gasteiger partial charge in [-0.25, -0.2) is 4.79 Å². The Morgan fingerprint density at radius 3 is 2.71 bits per heavy atom. The van der Waals surface area contributed by atoms with Gasteiger partial charge in [-0.1, -0.05) is 6.92 Å². The summed E-state index contributed by atoms with van der Waals surface area (Å²) < 4.78 is 2.79. The third-order valence-corrected chi connectivity index (χ3v) is 2.52. The Bertz CT molecular complexity index is 508. The molecule has 0 bridgehead atoms. The number of hydrogen-bond donors (Lipinski definition) is 0. The zero-order valence-corrected chi connectivity index (χ0v) is 10.1. The fourth-order valence-corrected chi connectivity index (χ4v) is 1.65. The highest BCUT2D eigenvalue weighted by atomic mass is 16.2. The predicted molar refractivity (Wildman–Crippen MR) is 64.7 cm³/mol. The van der Waals surface area contributed by atoms with Crippen molar-refractivity contribution in [3.05, 3.63) is 33.1 Å². The van der Waals surface area contributed by atoms with Crippen molar-refractivity contribution in [3.8, 4) is 6.07 Å². The molecular formula is C12H17N3O2. The molecule has 92 valence electrons. The van der Waals surface area contributed by atoms with E-state index in [2.05, 4.69) is 0 Å². The second kappa shape index (κ2) is 6.69. The van der Waals surface area contributed by atoms with E-state index < -0.39 is 0 Å². The minimum Gasteiger partial charge on any atom is -0.300 e. The highest BCUT2D eigenvalue weighted by Gasteiger charge is 2.03. The first-order chi connectivity index (χ1) is 8.20. The van der Waals surface area contributed by atoms with Gasteiger partial charge in [0.1, 0.15) is 0 Å². The maximum atomic E-state index is 11.9. The molecule has 5 nitrogen and oxygen atoms in total. The molecule has 1 heterocycles.